The molecule has 0 aliphatic heterocycles. The minimum Gasteiger partial charge on any atom is -0.481 e. The van der Waals surface area contributed by atoms with Crippen LogP contribution in [0.1, 0.15) is 30.7 Å². The highest BCUT2D eigenvalue weighted by atomic mass is 16.5. The molecule has 0 atom stereocenters. The Morgan fingerprint density at radius 2 is 1.74 bits per heavy atom. The van der Waals surface area contributed by atoms with Crippen molar-refractivity contribution < 1.29 is 14.6 Å². The number of nitrogens with zero attached hydrogens (tertiary/aromatic N) is 2. The molecule has 0 saturated carbocycles. The van der Waals surface area contributed by atoms with Gasteiger partial charge in [-0.2, -0.15) is 0 Å². The number of rotatable bonds is 7. The zero-order chi connectivity index (χ0) is 24.3. The van der Waals surface area contributed by atoms with E-state index in [2.05, 4.69) is 10.3 Å². The van der Waals surface area contributed by atoms with Crippen molar-refractivity contribution in [2.45, 2.75) is 33.1 Å². The molecule has 0 radical (unpaired) electrons. The molecule has 2 aromatic heterocycles. The molecule has 6 heteroatoms. The number of hydrogen-bond acceptors (Lipinski definition) is 5. The predicted octanol–water partition coefficient (Wildman–Crippen LogP) is 6.66. The van der Waals surface area contributed by atoms with Crippen molar-refractivity contribution in [1.82, 2.24) is 9.97 Å². The average molecular weight is 454 g/mol. The lowest BCUT2D eigenvalue weighted by atomic mass is 9.84. The third kappa shape index (κ3) is 4.91. The molecular formula is C28H27N3O3. The maximum atomic E-state index is 11.6. The van der Waals surface area contributed by atoms with Crippen molar-refractivity contribution in [2.75, 3.05) is 5.32 Å². The Kier molecular flexibility index (Phi) is 6.32. The van der Waals surface area contributed by atoms with Gasteiger partial charge >= 0.3 is 5.97 Å². The maximum absolute atomic E-state index is 11.6. The van der Waals surface area contributed by atoms with E-state index in [1.807, 2.05) is 74.5 Å². The van der Waals surface area contributed by atoms with Gasteiger partial charge in [-0.05, 0) is 63.1 Å². The molecule has 0 bridgehead atoms. The fourth-order valence-electron chi connectivity index (χ4n) is 3.49. The van der Waals surface area contributed by atoms with Gasteiger partial charge in [0.15, 0.2) is 5.75 Å². The van der Waals surface area contributed by atoms with E-state index in [-0.39, 0.29) is 0 Å². The molecule has 0 spiro atoms. The monoisotopic (exact) mass is 453 g/mol. The number of aryl methyl sites for hydroxylation is 2. The molecule has 0 aliphatic rings. The second-order valence-corrected chi connectivity index (χ2v) is 8.72. The highest BCUT2D eigenvalue weighted by Gasteiger charge is 2.29. The van der Waals surface area contributed by atoms with Crippen molar-refractivity contribution in [1.29, 1.82) is 0 Å². The SMILES string of the molecule is Cc1cc(Oc2ccnc(Nc3cccc(C(C)(C)C(=O)O)c3)c2)c(-c2ccccc2)nc1C. The van der Waals surface area contributed by atoms with E-state index in [0.717, 1.165) is 28.2 Å². The van der Waals surface area contributed by atoms with Crippen LogP contribution in [0.2, 0.25) is 0 Å². The molecule has 172 valence electrons. The normalized spacial score (nSPS) is 11.2. The van der Waals surface area contributed by atoms with Crippen LogP contribution in [0.3, 0.4) is 0 Å². The van der Waals surface area contributed by atoms with Crippen LogP contribution in [0.25, 0.3) is 11.3 Å². The Morgan fingerprint density at radius 1 is 0.971 bits per heavy atom. The van der Waals surface area contributed by atoms with Gasteiger partial charge in [-0.3, -0.25) is 4.79 Å². The number of nitrogens with one attached hydrogen (secondary N) is 1. The lowest BCUT2D eigenvalue weighted by Crippen LogP contribution is -2.28. The number of ether oxygens (including phenoxy) is 1. The summed E-state index contributed by atoms with van der Waals surface area (Å²) in [6.45, 7) is 7.36. The zero-order valence-corrected chi connectivity index (χ0v) is 19.7. The number of hydrogen-bond donors (Lipinski definition) is 2. The van der Waals surface area contributed by atoms with Crippen molar-refractivity contribution in [3.63, 3.8) is 0 Å². The van der Waals surface area contributed by atoms with E-state index in [9.17, 15) is 9.90 Å². The van der Waals surface area contributed by atoms with Crippen LogP contribution in [-0.4, -0.2) is 21.0 Å². The van der Waals surface area contributed by atoms with Gasteiger partial charge in [0.2, 0.25) is 0 Å². The molecule has 0 fully saturated rings. The lowest BCUT2D eigenvalue weighted by Gasteiger charge is -2.20. The number of carboxylic acid groups (broad SMARTS) is 1. The number of benzene rings is 2. The molecule has 2 heterocycles. The molecule has 0 unspecified atom stereocenters. The number of aromatic nitrogens is 2. The van der Waals surface area contributed by atoms with Crippen LogP contribution in [0.4, 0.5) is 11.5 Å². The summed E-state index contributed by atoms with van der Waals surface area (Å²) >= 11 is 0. The summed E-state index contributed by atoms with van der Waals surface area (Å²) in [5.41, 5.74) is 4.19. The topological polar surface area (TPSA) is 84.3 Å². The summed E-state index contributed by atoms with van der Waals surface area (Å²) in [6.07, 6.45) is 1.67. The molecule has 4 rings (SSSR count). The molecule has 0 saturated heterocycles. The van der Waals surface area contributed by atoms with E-state index in [0.29, 0.717) is 22.9 Å². The number of carboxylic acids is 1. The average Bonchev–Trinajstić information content (AvgIpc) is 2.82. The van der Waals surface area contributed by atoms with Crippen molar-refractivity contribution in [3.8, 4) is 22.8 Å². The second-order valence-electron chi connectivity index (χ2n) is 8.72. The van der Waals surface area contributed by atoms with Crippen LogP contribution in [-0.2, 0) is 10.2 Å². The van der Waals surface area contributed by atoms with Gasteiger partial charge in [0, 0.05) is 29.2 Å². The van der Waals surface area contributed by atoms with Gasteiger partial charge in [0.1, 0.15) is 17.3 Å². The first-order valence-corrected chi connectivity index (χ1v) is 11.0. The Morgan fingerprint density at radius 3 is 2.47 bits per heavy atom. The summed E-state index contributed by atoms with van der Waals surface area (Å²) in [6, 6.07) is 22.9. The Balaban J connectivity index is 1.62. The van der Waals surface area contributed by atoms with E-state index in [1.54, 1.807) is 32.2 Å². The van der Waals surface area contributed by atoms with Gasteiger partial charge in [0.25, 0.3) is 0 Å². The Labute approximate surface area is 199 Å². The molecule has 0 aliphatic carbocycles. The van der Waals surface area contributed by atoms with Crippen molar-refractivity contribution >= 4 is 17.5 Å². The van der Waals surface area contributed by atoms with Crippen LogP contribution >= 0.6 is 0 Å². The molecule has 4 aromatic rings. The first-order valence-electron chi connectivity index (χ1n) is 11.0. The lowest BCUT2D eigenvalue weighted by molar-refractivity contribution is -0.142. The number of pyridine rings is 2. The van der Waals surface area contributed by atoms with Crippen LogP contribution in [0.15, 0.2) is 79.0 Å². The van der Waals surface area contributed by atoms with Gasteiger partial charge in [-0.1, -0.05) is 42.5 Å². The minimum atomic E-state index is -1.000. The van der Waals surface area contributed by atoms with Crippen molar-refractivity contribution in [2.24, 2.45) is 0 Å². The fourth-order valence-corrected chi connectivity index (χ4v) is 3.49. The third-order valence-electron chi connectivity index (χ3n) is 5.83. The highest BCUT2D eigenvalue weighted by molar-refractivity contribution is 5.81. The summed E-state index contributed by atoms with van der Waals surface area (Å²) in [5.74, 6) is 0.980. The largest absolute Gasteiger partial charge is 0.481 e. The molecule has 0 amide bonds. The Bertz CT molecular complexity index is 1330. The molecule has 2 N–H and O–H groups in total. The van der Waals surface area contributed by atoms with E-state index < -0.39 is 11.4 Å². The first-order chi connectivity index (χ1) is 16.2. The zero-order valence-electron chi connectivity index (χ0n) is 19.7. The summed E-state index contributed by atoms with van der Waals surface area (Å²) < 4.78 is 6.27. The van der Waals surface area contributed by atoms with Crippen molar-refractivity contribution in [3.05, 3.63) is 95.8 Å². The summed E-state index contributed by atoms with van der Waals surface area (Å²) in [5, 5.41) is 12.8. The van der Waals surface area contributed by atoms with Gasteiger partial charge < -0.3 is 15.2 Å². The van der Waals surface area contributed by atoms with Crippen LogP contribution in [0, 0.1) is 13.8 Å². The minimum absolute atomic E-state index is 0.584. The summed E-state index contributed by atoms with van der Waals surface area (Å²) in [7, 11) is 0. The van der Waals surface area contributed by atoms with Crippen LogP contribution < -0.4 is 10.1 Å². The van der Waals surface area contributed by atoms with E-state index >= 15 is 0 Å². The van der Waals surface area contributed by atoms with Gasteiger partial charge in [-0.25, -0.2) is 9.97 Å². The maximum Gasteiger partial charge on any atom is 0.313 e. The molecule has 2 aromatic carbocycles. The van der Waals surface area contributed by atoms with E-state index in [1.165, 1.54) is 0 Å². The van der Waals surface area contributed by atoms with Gasteiger partial charge in [0.05, 0.1) is 5.41 Å². The van der Waals surface area contributed by atoms with E-state index in [4.69, 9.17) is 9.72 Å². The quantitative estimate of drug-likeness (QED) is 0.326. The second kappa shape index (κ2) is 9.35. The predicted molar refractivity (Wildman–Crippen MR) is 134 cm³/mol. The highest BCUT2D eigenvalue weighted by Crippen LogP contribution is 2.34. The number of anilines is 2. The van der Waals surface area contributed by atoms with Crippen LogP contribution in [0.5, 0.6) is 11.5 Å². The smallest absolute Gasteiger partial charge is 0.313 e. The standard InChI is InChI=1S/C28H27N3O3/c1-18-15-24(26(30-19(18)2)20-9-6-5-7-10-20)34-23-13-14-29-25(17-23)31-22-12-8-11-21(16-22)28(3,4)27(32)33/h5-17H,1-4H3,(H,29,31)(H,32,33). The fraction of sp³-hybridized carbons (Fsp3) is 0.179. The Hall–Kier alpha value is -4.19. The van der Waals surface area contributed by atoms with Gasteiger partial charge in [-0.15, -0.1) is 0 Å². The third-order valence-corrected chi connectivity index (χ3v) is 5.83. The number of carbonyl (C=O) groups is 1. The molecule has 34 heavy (non-hydrogen) atoms. The molecule has 6 nitrogen and oxygen atoms in total. The number of aliphatic carboxylic acids is 1. The first kappa shape index (κ1) is 23.0. The summed E-state index contributed by atoms with van der Waals surface area (Å²) in [4.78, 5) is 20.8. The molecular weight excluding hydrogens is 426 g/mol.